The van der Waals surface area contributed by atoms with Gasteiger partial charge in [0, 0.05) is 6.54 Å². The summed E-state index contributed by atoms with van der Waals surface area (Å²) in [5.74, 6) is -0.588. The van der Waals surface area contributed by atoms with E-state index in [1.165, 1.54) is 6.07 Å². The zero-order valence-electron chi connectivity index (χ0n) is 10.5. The average molecular weight is 267 g/mol. The number of carboxylic acids is 1. The van der Waals surface area contributed by atoms with E-state index in [1.807, 2.05) is 0 Å². The molecule has 18 heavy (non-hydrogen) atoms. The number of carbonyl (C=O) groups excluding carboxylic acids is 1. The summed E-state index contributed by atoms with van der Waals surface area (Å²) in [7, 11) is 0. The van der Waals surface area contributed by atoms with Gasteiger partial charge in [0.05, 0.1) is 4.88 Å². The van der Waals surface area contributed by atoms with Crippen molar-refractivity contribution in [2.45, 2.75) is 26.7 Å². The number of rotatable bonds is 5. The van der Waals surface area contributed by atoms with E-state index in [0.717, 1.165) is 24.2 Å². The second kappa shape index (κ2) is 4.72. The van der Waals surface area contributed by atoms with E-state index >= 15 is 0 Å². The summed E-state index contributed by atoms with van der Waals surface area (Å²) in [6, 6.07) is 3.04. The number of amides is 1. The van der Waals surface area contributed by atoms with Gasteiger partial charge in [0.15, 0.2) is 0 Å². The number of nitrogens with one attached hydrogen (secondary N) is 1. The number of carbonyl (C=O) groups is 2. The maximum atomic E-state index is 11.9. The molecule has 1 aromatic heterocycles. The van der Waals surface area contributed by atoms with E-state index in [4.69, 9.17) is 5.11 Å². The Labute approximate surface area is 110 Å². The molecule has 0 radical (unpaired) electrons. The molecule has 2 rings (SSSR count). The van der Waals surface area contributed by atoms with Gasteiger partial charge in [-0.15, -0.1) is 11.3 Å². The lowest BCUT2D eigenvalue weighted by molar-refractivity contribution is 0.0702. The van der Waals surface area contributed by atoms with E-state index in [2.05, 4.69) is 19.2 Å². The summed E-state index contributed by atoms with van der Waals surface area (Å²) in [5.41, 5.74) is 0.266. The molecule has 0 atom stereocenters. The third-order valence-corrected chi connectivity index (χ3v) is 4.83. The molecule has 1 amide bonds. The van der Waals surface area contributed by atoms with Crippen LogP contribution in [0.3, 0.4) is 0 Å². The smallest absolute Gasteiger partial charge is 0.345 e. The molecular formula is C13H17NO3S. The third-order valence-electron chi connectivity index (χ3n) is 3.76. The molecule has 1 fully saturated rings. The molecular weight excluding hydrogens is 250 g/mol. The van der Waals surface area contributed by atoms with Gasteiger partial charge in [0.1, 0.15) is 4.88 Å². The minimum absolute atomic E-state index is 0.167. The van der Waals surface area contributed by atoms with E-state index in [9.17, 15) is 9.59 Å². The van der Waals surface area contributed by atoms with Gasteiger partial charge < -0.3 is 10.4 Å². The van der Waals surface area contributed by atoms with Crippen molar-refractivity contribution in [1.29, 1.82) is 0 Å². The fraction of sp³-hybridized carbons (Fsp3) is 0.538. The molecule has 0 spiro atoms. The Morgan fingerprint density at radius 1 is 1.39 bits per heavy atom. The molecule has 1 aromatic rings. The SMILES string of the molecule is CC(C)C1(CNC(=O)c2ccc(C(=O)O)s2)CC1. The van der Waals surface area contributed by atoms with E-state index < -0.39 is 5.97 Å². The Morgan fingerprint density at radius 3 is 2.44 bits per heavy atom. The molecule has 0 unspecified atom stereocenters. The first kappa shape index (κ1) is 13.1. The topological polar surface area (TPSA) is 66.4 Å². The van der Waals surface area contributed by atoms with Crippen molar-refractivity contribution >= 4 is 23.2 Å². The van der Waals surface area contributed by atoms with E-state index in [0.29, 0.717) is 17.3 Å². The summed E-state index contributed by atoms with van der Waals surface area (Å²) in [6.07, 6.45) is 2.32. The lowest BCUT2D eigenvalue weighted by atomic mass is 9.92. The van der Waals surface area contributed by atoms with Crippen LogP contribution < -0.4 is 5.32 Å². The quantitative estimate of drug-likeness (QED) is 0.861. The standard InChI is InChI=1S/C13H17NO3S/c1-8(2)13(5-6-13)7-14-11(15)9-3-4-10(18-9)12(16)17/h3-4,8H,5-7H2,1-2H3,(H,14,15)(H,16,17). The van der Waals surface area contributed by atoms with Gasteiger partial charge in [0.2, 0.25) is 0 Å². The summed E-state index contributed by atoms with van der Waals surface area (Å²) >= 11 is 1.02. The monoisotopic (exact) mass is 267 g/mol. The summed E-state index contributed by atoms with van der Waals surface area (Å²) in [4.78, 5) is 23.3. The first-order valence-electron chi connectivity index (χ1n) is 6.06. The molecule has 0 saturated heterocycles. The van der Waals surface area contributed by atoms with Crippen molar-refractivity contribution < 1.29 is 14.7 Å². The van der Waals surface area contributed by atoms with Crippen molar-refractivity contribution in [2.75, 3.05) is 6.54 Å². The Bertz CT molecular complexity index is 474. The highest BCUT2D eigenvalue weighted by Crippen LogP contribution is 2.51. The van der Waals surface area contributed by atoms with Gasteiger partial charge >= 0.3 is 5.97 Å². The molecule has 1 aliphatic carbocycles. The minimum atomic E-state index is -0.986. The Morgan fingerprint density at radius 2 is 2.00 bits per heavy atom. The third kappa shape index (κ3) is 2.56. The van der Waals surface area contributed by atoms with Crippen molar-refractivity contribution in [3.8, 4) is 0 Å². The predicted molar refractivity (Wildman–Crippen MR) is 70.1 cm³/mol. The number of hydrogen-bond acceptors (Lipinski definition) is 3. The number of carboxylic acid groups (broad SMARTS) is 1. The van der Waals surface area contributed by atoms with Crippen molar-refractivity contribution in [3.63, 3.8) is 0 Å². The zero-order chi connectivity index (χ0) is 13.3. The second-order valence-electron chi connectivity index (χ2n) is 5.17. The van der Waals surface area contributed by atoms with Crippen LogP contribution in [0.15, 0.2) is 12.1 Å². The maximum Gasteiger partial charge on any atom is 0.345 e. The van der Waals surface area contributed by atoms with Gasteiger partial charge in [-0.3, -0.25) is 4.79 Å². The van der Waals surface area contributed by atoms with E-state index in [1.54, 1.807) is 6.07 Å². The fourth-order valence-corrected chi connectivity index (χ4v) is 2.80. The van der Waals surface area contributed by atoms with Crippen LogP contribution in [0.4, 0.5) is 0 Å². The van der Waals surface area contributed by atoms with Crippen LogP contribution in [0.1, 0.15) is 46.0 Å². The molecule has 0 aliphatic heterocycles. The Hall–Kier alpha value is -1.36. The summed E-state index contributed by atoms with van der Waals surface area (Å²) in [5, 5.41) is 11.7. The van der Waals surface area contributed by atoms with Crippen molar-refractivity contribution in [1.82, 2.24) is 5.32 Å². The maximum absolute atomic E-state index is 11.9. The summed E-state index contributed by atoms with van der Waals surface area (Å²) < 4.78 is 0. The van der Waals surface area contributed by atoms with Crippen LogP contribution >= 0.6 is 11.3 Å². The molecule has 1 aliphatic rings. The molecule has 4 nitrogen and oxygen atoms in total. The highest BCUT2D eigenvalue weighted by Gasteiger charge is 2.45. The normalized spacial score (nSPS) is 16.6. The molecule has 0 aromatic carbocycles. The highest BCUT2D eigenvalue weighted by molar-refractivity contribution is 7.15. The van der Waals surface area contributed by atoms with Gasteiger partial charge in [0.25, 0.3) is 5.91 Å². The van der Waals surface area contributed by atoms with Gasteiger partial charge in [-0.1, -0.05) is 13.8 Å². The summed E-state index contributed by atoms with van der Waals surface area (Å²) in [6.45, 7) is 5.03. The first-order chi connectivity index (χ1) is 8.44. The van der Waals surface area contributed by atoms with Crippen LogP contribution in [0.2, 0.25) is 0 Å². The average Bonchev–Trinajstić information content (AvgIpc) is 2.94. The van der Waals surface area contributed by atoms with Gasteiger partial charge in [-0.2, -0.15) is 0 Å². The first-order valence-corrected chi connectivity index (χ1v) is 6.87. The Balaban J connectivity index is 1.94. The Kier molecular flexibility index (Phi) is 3.43. The van der Waals surface area contributed by atoms with Crippen LogP contribution in [-0.4, -0.2) is 23.5 Å². The predicted octanol–water partition coefficient (Wildman–Crippen LogP) is 2.61. The van der Waals surface area contributed by atoms with Crippen molar-refractivity contribution in [2.24, 2.45) is 11.3 Å². The van der Waals surface area contributed by atoms with Gasteiger partial charge in [-0.25, -0.2) is 4.79 Å². The van der Waals surface area contributed by atoms with Crippen LogP contribution in [0.25, 0.3) is 0 Å². The van der Waals surface area contributed by atoms with Crippen LogP contribution in [0, 0.1) is 11.3 Å². The van der Waals surface area contributed by atoms with E-state index in [-0.39, 0.29) is 16.2 Å². The zero-order valence-corrected chi connectivity index (χ0v) is 11.3. The second-order valence-corrected chi connectivity index (χ2v) is 6.25. The molecule has 0 bridgehead atoms. The van der Waals surface area contributed by atoms with Crippen molar-refractivity contribution in [3.05, 3.63) is 21.9 Å². The molecule has 2 N–H and O–H groups in total. The number of aromatic carboxylic acids is 1. The molecule has 1 heterocycles. The number of hydrogen-bond donors (Lipinski definition) is 2. The fourth-order valence-electron chi connectivity index (χ4n) is 2.04. The minimum Gasteiger partial charge on any atom is -0.477 e. The lowest BCUT2D eigenvalue weighted by Crippen LogP contribution is -2.32. The highest BCUT2D eigenvalue weighted by atomic mass is 32.1. The van der Waals surface area contributed by atoms with Crippen LogP contribution in [0.5, 0.6) is 0 Å². The molecule has 98 valence electrons. The number of thiophene rings is 1. The lowest BCUT2D eigenvalue weighted by Gasteiger charge is -2.19. The van der Waals surface area contributed by atoms with Gasteiger partial charge in [-0.05, 0) is 36.3 Å². The molecule has 1 saturated carbocycles. The van der Waals surface area contributed by atoms with Crippen LogP contribution in [-0.2, 0) is 0 Å². The largest absolute Gasteiger partial charge is 0.477 e. The molecule has 5 heteroatoms.